The maximum absolute atomic E-state index is 10.6. The van der Waals surface area contributed by atoms with Crippen molar-refractivity contribution < 1.29 is 9.90 Å². The Bertz CT molecular complexity index is 764. The average molecular weight is 308 g/mol. The van der Waals surface area contributed by atoms with Gasteiger partial charge in [0.1, 0.15) is 0 Å². The van der Waals surface area contributed by atoms with Crippen LogP contribution in [0.3, 0.4) is 0 Å². The van der Waals surface area contributed by atoms with E-state index in [0.29, 0.717) is 17.3 Å². The fourth-order valence-corrected chi connectivity index (χ4v) is 2.84. The molecule has 0 spiro atoms. The van der Waals surface area contributed by atoms with Crippen molar-refractivity contribution >= 4 is 33.9 Å². The Hall–Kier alpha value is -1.92. The minimum absolute atomic E-state index is 0.0358. The maximum Gasteiger partial charge on any atom is 0.303 e. The highest BCUT2D eigenvalue weighted by Crippen LogP contribution is 2.26. The lowest BCUT2D eigenvalue weighted by atomic mass is 10.2. The molecule has 0 atom stereocenters. The fraction of sp³-hybridized carbons (Fsp3) is 0.154. The number of aryl methyl sites for hydroxylation is 1. The molecule has 2 heterocycles. The van der Waals surface area contributed by atoms with Crippen LogP contribution in [0.25, 0.3) is 16.2 Å². The Morgan fingerprint density at radius 2 is 2.10 bits per heavy atom. The zero-order valence-corrected chi connectivity index (χ0v) is 11.9. The number of fused-ring (bicyclic) bond motifs is 1. The van der Waals surface area contributed by atoms with Crippen LogP contribution in [0.1, 0.15) is 12.2 Å². The molecule has 0 aliphatic carbocycles. The number of benzene rings is 1. The Morgan fingerprint density at radius 3 is 2.80 bits per heavy atom. The first-order valence-corrected chi connectivity index (χ1v) is 7.20. The van der Waals surface area contributed by atoms with Gasteiger partial charge >= 0.3 is 5.97 Å². The summed E-state index contributed by atoms with van der Waals surface area (Å²) in [6.45, 7) is 0. The van der Waals surface area contributed by atoms with E-state index in [1.807, 2.05) is 29.6 Å². The van der Waals surface area contributed by atoms with E-state index in [9.17, 15) is 4.79 Å². The van der Waals surface area contributed by atoms with E-state index < -0.39 is 5.97 Å². The van der Waals surface area contributed by atoms with Crippen molar-refractivity contribution in [1.29, 1.82) is 0 Å². The zero-order valence-electron chi connectivity index (χ0n) is 10.3. The summed E-state index contributed by atoms with van der Waals surface area (Å²) in [6, 6.07) is 7.48. The van der Waals surface area contributed by atoms with Gasteiger partial charge in [-0.05, 0) is 12.1 Å². The van der Waals surface area contributed by atoms with Gasteiger partial charge in [-0.2, -0.15) is 0 Å². The molecule has 1 N–H and O–H groups in total. The Labute approximate surface area is 123 Å². The number of carboxylic acids is 1. The first-order chi connectivity index (χ1) is 9.63. The van der Waals surface area contributed by atoms with Crippen LogP contribution in [0.4, 0.5) is 0 Å². The second-order valence-corrected chi connectivity index (χ2v) is 5.52. The number of aliphatic carboxylic acids is 1. The number of hydrogen-bond donors (Lipinski definition) is 1. The van der Waals surface area contributed by atoms with Crippen molar-refractivity contribution in [2.24, 2.45) is 0 Å². The van der Waals surface area contributed by atoms with Crippen molar-refractivity contribution in [3.8, 4) is 11.3 Å². The molecule has 20 heavy (non-hydrogen) atoms. The number of thiazole rings is 1. The van der Waals surface area contributed by atoms with Crippen LogP contribution in [0.15, 0.2) is 29.6 Å². The van der Waals surface area contributed by atoms with Crippen LogP contribution in [-0.4, -0.2) is 25.7 Å². The normalized spacial score (nSPS) is 11.1. The minimum Gasteiger partial charge on any atom is -0.481 e. The lowest BCUT2D eigenvalue weighted by Gasteiger charge is -1.98. The van der Waals surface area contributed by atoms with E-state index in [-0.39, 0.29) is 6.42 Å². The second kappa shape index (κ2) is 5.22. The molecule has 0 radical (unpaired) electrons. The zero-order chi connectivity index (χ0) is 14.1. The molecular weight excluding hydrogens is 298 g/mol. The van der Waals surface area contributed by atoms with Gasteiger partial charge in [-0.1, -0.05) is 23.7 Å². The molecule has 1 aromatic carbocycles. The van der Waals surface area contributed by atoms with Crippen molar-refractivity contribution in [3.05, 3.63) is 40.5 Å². The molecule has 0 amide bonds. The number of nitrogens with zero attached hydrogens (tertiary/aromatic N) is 3. The summed E-state index contributed by atoms with van der Waals surface area (Å²) in [4.78, 5) is 15.7. The number of hydrogen-bond acceptors (Lipinski definition) is 4. The Kier molecular flexibility index (Phi) is 3.42. The highest BCUT2D eigenvalue weighted by Gasteiger charge is 2.12. The average Bonchev–Trinajstić information content (AvgIpc) is 2.97. The van der Waals surface area contributed by atoms with E-state index in [1.54, 1.807) is 4.52 Å². The smallest absolute Gasteiger partial charge is 0.303 e. The van der Waals surface area contributed by atoms with Gasteiger partial charge in [0.05, 0.1) is 12.1 Å². The molecule has 0 bridgehead atoms. The molecule has 0 aliphatic rings. The molecule has 102 valence electrons. The number of carbonyl (C=O) groups is 1. The van der Waals surface area contributed by atoms with Crippen LogP contribution < -0.4 is 0 Å². The number of halogens is 1. The molecule has 3 aromatic rings. The van der Waals surface area contributed by atoms with Crippen LogP contribution >= 0.6 is 22.9 Å². The minimum atomic E-state index is -0.846. The van der Waals surface area contributed by atoms with Gasteiger partial charge < -0.3 is 5.11 Å². The third-order valence-electron chi connectivity index (χ3n) is 2.83. The SMILES string of the molecule is O=C(O)CCc1nc2scc(-c3ccc(Cl)cc3)n2n1. The van der Waals surface area contributed by atoms with E-state index in [2.05, 4.69) is 10.1 Å². The molecule has 0 fully saturated rings. The van der Waals surface area contributed by atoms with Crippen molar-refractivity contribution in [1.82, 2.24) is 14.6 Å². The number of carboxylic acid groups (broad SMARTS) is 1. The summed E-state index contributed by atoms with van der Waals surface area (Å²) in [5.41, 5.74) is 1.92. The highest BCUT2D eigenvalue weighted by atomic mass is 35.5. The van der Waals surface area contributed by atoms with Gasteiger partial charge in [0, 0.05) is 22.4 Å². The van der Waals surface area contributed by atoms with E-state index in [1.165, 1.54) is 11.3 Å². The predicted molar refractivity (Wildman–Crippen MR) is 77.3 cm³/mol. The van der Waals surface area contributed by atoms with Crippen molar-refractivity contribution in [3.63, 3.8) is 0 Å². The van der Waals surface area contributed by atoms with Gasteiger partial charge in [-0.25, -0.2) is 9.50 Å². The quantitative estimate of drug-likeness (QED) is 0.804. The van der Waals surface area contributed by atoms with Gasteiger partial charge in [-0.3, -0.25) is 4.79 Å². The van der Waals surface area contributed by atoms with Gasteiger partial charge in [0.2, 0.25) is 4.96 Å². The van der Waals surface area contributed by atoms with E-state index >= 15 is 0 Å². The third-order valence-corrected chi connectivity index (χ3v) is 3.90. The molecule has 2 aromatic heterocycles. The van der Waals surface area contributed by atoms with Crippen LogP contribution in [0.2, 0.25) is 5.02 Å². The molecule has 3 rings (SSSR count). The molecular formula is C13H10ClN3O2S. The molecule has 0 saturated carbocycles. The second-order valence-electron chi connectivity index (χ2n) is 4.24. The van der Waals surface area contributed by atoms with Gasteiger partial charge in [0.25, 0.3) is 0 Å². The van der Waals surface area contributed by atoms with Crippen LogP contribution in [-0.2, 0) is 11.2 Å². The van der Waals surface area contributed by atoms with Crippen molar-refractivity contribution in [2.75, 3.05) is 0 Å². The summed E-state index contributed by atoms with van der Waals surface area (Å²) in [5.74, 6) is -0.296. The first-order valence-electron chi connectivity index (χ1n) is 5.94. The van der Waals surface area contributed by atoms with Crippen LogP contribution in [0, 0.1) is 0 Å². The lowest BCUT2D eigenvalue weighted by molar-refractivity contribution is -0.137. The Balaban J connectivity index is 1.96. The third kappa shape index (κ3) is 2.52. The highest BCUT2D eigenvalue weighted by molar-refractivity contribution is 7.15. The lowest BCUT2D eigenvalue weighted by Crippen LogP contribution is -1.99. The molecule has 0 saturated heterocycles. The summed E-state index contributed by atoms with van der Waals surface area (Å²) in [7, 11) is 0. The molecule has 0 aliphatic heterocycles. The maximum atomic E-state index is 10.6. The summed E-state index contributed by atoms with van der Waals surface area (Å²) >= 11 is 7.36. The summed E-state index contributed by atoms with van der Waals surface area (Å²) in [5, 5.41) is 15.7. The standard InChI is InChI=1S/C13H10ClN3O2S/c14-9-3-1-8(2-4-9)10-7-20-13-15-11(16-17(10)13)5-6-12(18)19/h1-4,7H,5-6H2,(H,18,19). The fourth-order valence-electron chi connectivity index (χ4n) is 1.87. The summed E-state index contributed by atoms with van der Waals surface area (Å²) < 4.78 is 1.74. The Morgan fingerprint density at radius 1 is 1.35 bits per heavy atom. The molecule has 0 unspecified atom stereocenters. The predicted octanol–water partition coefficient (Wildman–Crippen LogP) is 3.13. The van der Waals surface area contributed by atoms with E-state index in [4.69, 9.17) is 16.7 Å². The number of aromatic nitrogens is 3. The first kappa shape index (κ1) is 13.1. The topological polar surface area (TPSA) is 67.5 Å². The molecule has 5 nitrogen and oxygen atoms in total. The largest absolute Gasteiger partial charge is 0.481 e. The molecule has 7 heteroatoms. The monoisotopic (exact) mass is 307 g/mol. The summed E-state index contributed by atoms with van der Waals surface area (Å²) in [6.07, 6.45) is 0.373. The van der Waals surface area contributed by atoms with Crippen LogP contribution in [0.5, 0.6) is 0 Å². The van der Waals surface area contributed by atoms with Gasteiger partial charge in [0.15, 0.2) is 5.82 Å². The van der Waals surface area contributed by atoms with Crippen molar-refractivity contribution in [2.45, 2.75) is 12.8 Å². The van der Waals surface area contributed by atoms with Gasteiger partial charge in [-0.15, -0.1) is 16.4 Å². The van der Waals surface area contributed by atoms with E-state index in [0.717, 1.165) is 16.2 Å². The number of rotatable bonds is 4.